The van der Waals surface area contributed by atoms with Gasteiger partial charge in [-0.25, -0.2) is 9.67 Å². The normalized spacial score (nSPS) is 24.6. The molecule has 2 aromatic rings. The molecular weight excluding hydrogens is 338 g/mol. The van der Waals surface area contributed by atoms with Gasteiger partial charge in [0.05, 0.1) is 17.9 Å². The third-order valence-corrected chi connectivity index (χ3v) is 5.57. The zero-order chi connectivity index (χ0) is 18.6. The monoisotopic (exact) mass is 365 g/mol. The van der Waals surface area contributed by atoms with Crippen LogP contribution in [0.3, 0.4) is 0 Å². The molecule has 1 N–H and O–H groups in total. The number of amidine groups is 1. The summed E-state index contributed by atoms with van der Waals surface area (Å²) in [6.07, 6.45) is 9.62. The third kappa shape index (κ3) is 3.64. The van der Waals surface area contributed by atoms with Crippen molar-refractivity contribution in [1.82, 2.24) is 25.2 Å². The summed E-state index contributed by atoms with van der Waals surface area (Å²) in [7, 11) is 1.88. The fourth-order valence-electron chi connectivity index (χ4n) is 4.08. The molecule has 1 aliphatic heterocycles. The van der Waals surface area contributed by atoms with Crippen LogP contribution in [0.4, 0.5) is 0 Å². The van der Waals surface area contributed by atoms with E-state index in [1.54, 1.807) is 6.34 Å². The summed E-state index contributed by atoms with van der Waals surface area (Å²) in [4.78, 5) is 11.3. The van der Waals surface area contributed by atoms with Gasteiger partial charge in [0.1, 0.15) is 17.7 Å². The van der Waals surface area contributed by atoms with Crippen LogP contribution in [-0.4, -0.2) is 51.8 Å². The van der Waals surface area contributed by atoms with Crippen molar-refractivity contribution in [2.75, 3.05) is 13.7 Å². The number of rotatable bonds is 6. The van der Waals surface area contributed by atoms with E-state index in [9.17, 15) is 0 Å². The number of fused-ring (bicyclic) bond motifs is 1. The molecule has 1 aromatic heterocycles. The molecule has 0 saturated heterocycles. The number of hydrogen-bond acceptors (Lipinski definition) is 4. The fourth-order valence-corrected chi connectivity index (χ4v) is 4.08. The van der Waals surface area contributed by atoms with Crippen LogP contribution >= 0.6 is 0 Å². The van der Waals surface area contributed by atoms with Crippen LogP contribution in [-0.2, 0) is 0 Å². The van der Waals surface area contributed by atoms with E-state index < -0.39 is 0 Å². The van der Waals surface area contributed by atoms with Crippen molar-refractivity contribution in [2.24, 2.45) is 15.9 Å². The smallest absolute Gasteiger partial charge is 0.116 e. The number of aromatic nitrogens is 3. The quantitative estimate of drug-likeness (QED) is 0.631. The maximum atomic E-state index is 4.68. The van der Waals surface area contributed by atoms with Crippen LogP contribution in [0.5, 0.6) is 0 Å². The molecule has 2 heterocycles. The first-order chi connectivity index (χ1) is 13.3. The van der Waals surface area contributed by atoms with Crippen molar-refractivity contribution in [2.45, 2.75) is 45.1 Å². The van der Waals surface area contributed by atoms with Crippen LogP contribution < -0.4 is 5.32 Å². The van der Waals surface area contributed by atoms with Crippen LogP contribution in [0.2, 0.25) is 0 Å². The molecule has 4 rings (SSSR count). The fraction of sp³-hybridized carbons (Fsp3) is 0.500. The number of nitrogens with one attached hydrogen (secondary N) is 1. The molecule has 7 heteroatoms. The Morgan fingerprint density at radius 3 is 3.00 bits per heavy atom. The lowest BCUT2D eigenvalue weighted by Gasteiger charge is -2.24. The Labute approximate surface area is 159 Å². The van der Waals surface area contributed by atoms with Gasteiger partial charge in [-0.05, 0) is 44.4 Å². The van der Waals surface area contributed by atoms with Crippen molar-refractivity contribution >= 4 is 28.9 Å². The summed E-state index contributed by atoms with van der Waals surface area (Å²) in [5.41, 5.74) is 3.06. The Hall–Kier alpha value is -2.54. The molecule has 2 atom stereocenters. The molecule has 1 fully saturated rings. The average Bonchev–Trinajstić information content (AvgIpc) is 3.42. The van der Waals surface area contributed by atoms with Crippen molar-refractivity contribution in [3.8, 4) is 0 Å². The maximum Gasteiger partial charge on any atom is 0.116 e. The van der Waals surface area contributed by atoms with E-state index in [1.165, 1.54) is 25.7 Å². The Morgan fingerprint density at radius 1 is 1.30 bits per heavy atom. The highest BCUT2D eigenvalue weighted by Gasteiger charge is 2.33. The van der Waals surface area contributed by atoms with Crippen molar-refractivity contribution in [3.63, 3.8) is 0 Å². The molecule has 0 radical (unpaired) electrons. The van der Waals surface area contributed by atoms with Gasteiger partial charge in [0, 0.05) is 18.7 Å². The first-order valence-electron chi connectivity index (χ1n) is 9.79. The Bertz CT molecular complexity index is 879. The highest BCUT2D eigenvalue weighted by Crippen LogP contribution is 2.35. The SMILES string of the molecule is CCC1CCC(N2C=C(n3nnc4ccccc43)C/C2=N\C=N/CNC)C1. The van der Waals surface area contributed by atoms with Crippen LogP contribution in [0, 0.1) is 5.92 Å². The van der Waals surface area contributed by atoms with Gasteiger partial charge in [-0.2, -0.15) is 0 Å². The van der Waals surface area contributed by atoms with E-state index in [-0.39, 0.29) is 0 Å². The van der Waals surface area contributed by atoms with Gasteiger partial charge in [0.25, 0.3) is 0 Å². The summed E-state index contributed by atoms with van der Waals surface area (Å²) < 4.78 is 1.95. The summed E-state index contributed by atoms with van der Waals surface area (Å²) in [5.74, 6) is 1.87. The number of benzene rings is 1. The summed E-state index contributed by atoms with van der Waals surface area (Å²) in [5, 5.41) is 11.7. The molecule has 142 valence electrons. The second-order valence-corrected chi connectivity index (χ2v) is 7.29. The summed E-state index contributed by atoms with van der Waals surface area (Å²) in [6.45, 7) is 2.87. The van der Waals surface area contributed by atoms with Crippen molar-refractivity contribution in [3.05, 3.63) is 30.5 Å². The van der Waals surface area contributed by atoms with E-state index in [1.807, 2.05) is 29.9 Å². The van der Waals surface area contributed by atoms with E-state index in [2.05, 4.69) is 49.7 Å². The van der Waals surface area contributed by atoms with E-state index in [0.29, 0.717) is 12.7 Å². The standard InChI is InChI=1S/C20H27N7/c1-3-15-8-9-16(10-15)26-12-17(11-20(26)23-14-22-13-21-2)27-19-7-5-4-6-18(19)24-25-27/h4-7,12,14-16,21H,3,8-11,13H2,1-2H3/b22-14-,23-20+. The van der Waals surface area contributed by atoms with Crippen LogP contribution in [0.25, 0.3) is 16.7 Å². The maximum absolute atomic E-state index is 4.68. The highest BCUT2D eigenvalue weighted by molar-refractivity contribution is 5.99. The first kappa shape index (κ1) is 17.9. The Balaban J connectivity index is 1.64. The van der Waals surface area contributed by atoms with Gasteiger partial charge in [-0.3, -0.25) is 4.99 Å². The van der Waals surface area contributed by atoms with Gasteiger partial charge in [-0.15, -0.1) is 5.10 Å². The van der Waals surface area contributed by atoms with Gasteiger partial charge in [0.15, 0.2) is 0 Å². The summed E-state index contributed by atoms with van der Waals surface area (Å²) >= 11 is 0. The number of aliphatic imine (C=N–C) groups is 2. The molecule has 1 saturated carbocycles. The summed E-state index contributed by atoms with van der Waals surface area (Å²) in [6, 6.07) is 8.59. The molecule has 27 heavy (non-hydrogen) atoms. The lowest BCUT2D eigenvalue weighted by molar-refractivity contribution is 0.393. The molecule has 2 unspecified atom stereocenters. The van der Waals surface area contributed by atoms with Crippen LogP contribution in [0.15, 0.2) is 40.5 Å². The van der Waals surface area contributed by atoms with Crippen molar-refractivity contribution < 1.29 is 0 Å². The minimum atomic E-state index is 0.513. The van der Waals surface area contributed by atoms with E-state index in [0.717, 1.165) is 34.9 Å². The predicted octanol–water partition coefficient (Wildman–Crippen LogP) is 3.12. The third-order valence-electron chi connectivity index (χ3n) is 5.57. The zero-order valence-corrected chi connectivity index (χ0v) is 16.0. The van der Waals surface area contributed by atoms with E-state index in [4.69, 9.17) is 0 Å². The number of nitrogens with zero attached hydrogens (tertiary/aromatic N) is 6. The highest BCUT2D eigenvalue weighted by atomic mass is 15.4. The van der Waals surface area contributed by atoms with E-state index >= 15 is 0 Å². The Morgan fingerprint density at radius 2 is 2.19 bits per heavy atom. The molecule has 0 amide bonds. The number of para-hydroxylation sites is 1. The Kier molecular flexibility index (Phi) is 5.29. The second-order valence-electron chi connectivity index (χ2n) is 7.29. The minimum Gasteiger partial charge on any atom is -0.331 e. The molecular formula is C20H27N7. The van der Waals surface area contributed by atoms with Gasteiger partial charge in [0.2, 0.25) is 0 Å². The zero-order valence-electron chi connectivity index (χ0n) is 16.0. The van der Waals surface area contributed by atoms with Crippen molar-refractivity contribution in [1.29, 1.82) is 0 Å². The van der Waals surface area contributed by atoms with Crippen LogP contribution in [0.1, 0.15) is 39.0 Å². The number of hydrogen-bond donors (Lipinski definition) is 1. The molecule has 7 nitrogen and oxygen atoms in total. The molecule has 1 aliphatic carbocycles. The molecule has 1 aromatic carbocycles. The van der Waals surface area contributed by atoms with Gasteiger partial charge < -0.3 is 10.2 Å². The lowest BCUT2D eigenvalue weighted by Crippen LogP contribution is -2.31. The largest absolute Gasteiger partial charge is 0.331 e. The molecule has 2 aliphatic rings. The lowest BCUT2D eigenvalue weighted by atomic mass is 10.1. The van der Waals surface area contributed by atoms with Gasteiger partial charge >= 0.3 is 0 Å². The minimum absolute atomic E-state index is 0.513. The first-order valence-corrected chi connectivity index (χ1v) is 9.79. The topological polar surface area (TPSA) is 70.7 Å². The average molecular weight is 365 g/mol. The second kappa shape index (κ2) is 8.00. The molecule has 0 bridgehead atoms. The predicted molar refractivity (Wildman–Crippen MR) is 110 cm³/mol. The van der Waals surface area contributed by atoms with Gasteiger partial charge in [-0.1, -0.05) is 30.7 Å². The molecule has 0 spiro atoms.